The minimum absolute atomic E-state index is 0.163. The fourth-order valence-corrected chi connectivity index (χ4v) is 6.01. The Bertz CT molecular complexity index is 928. The molecule has 0 amide bonds. The number of carbonyl (C=O) groups is 3. The molecule has 1 atom stereocenters. The first-order valence-electron chi connectivity index (χ1n) is 20.1. The van der Waals surface area contributed by atoms with E-state index in [1.165, 1.54) is 83.5 Å². The third-order valence-electron chi connectivity index (χ3n) is 8.70. The van der Waals surface area contributed by atoms with E-state index in [0.29, 0.717) is 19.3 Å². The number of phosphoric ester groups is 1. The van der Waals surface area contributed by atoms with Crippen LogP contribution in [0, 0.1) is 0 Å². The van der Waals surface area contributed by atoms with E-state index in [-0.39, 0.29) is 25.2 Å². The van der Waals surface area contributed by atoms with Gasteiger partial charge in [-0.25, -0.2) is 4.57 Å². The Morgan fingerprint density at radius 3 is 1.52 bits per heavy atom. The first-order valence-corrected chi connectivity index (χ1v) is 21.6. The zero-order valence-corrected chi connectivity index (χ0v) is 32.7. The van der Waals surface area contributed by atoms with E-state index < -0.39 is 32.5 Å². The van der Waals surface area contributed by atoms with Crippen LogP contribution >= 0.6 is 7.82 Å². The molecule has 0 bridgehead atoms. The van der Waals surface area contributed by atoms with E-state index in [1.54, 1.807) is 12.2 Å². The number of rotatable bonds is 37. The molecule has 0 aromatic rings. The maximum absolute atomic E-state index is 12.4. The summed E-state index contributed by atoms with van der Waals surface area (Å²) in [6.45, 7) is 3.51. The lowest BCUT2D eigenvalue weighted by atomic mass is 10.0. The lowest BCUT2D eigenvalue weighted by Gasteiger charge is -2.18. The predicted molar refractivity (Wildman–Crippen MR) is 203 cm³/mol. The fraction of sp³-hybridized carbons (Fsp3) is 0.825. The Balaban J connectivity index is 3.98. The smallest absolute Gasteiger partial charge is 0.462 e. The van der Waals surface area contributed by atoms with Crippen LogP contribution in [0.4, 0.5) is 0 Å². The van der Waals surface area contributed by atoms with Gasteiger partial charge in [0.15, 0.2) is 11.9 Å². The third-order valence-corrected chi connectivity index (χ3v) is 9.18. The summed E-state index contributed by atoms with van der Waals surface area (Å²) in [4.78, 5) is 54.5. The van der Waals surface area contributed by atoms with Crippen molar-refractivity contribution in [2.24, 2.45) is 0 Å². The molecule has 0 rings (SSSR count). The van der Waals surface area contributed by atoms with Crippen molar-refractivity contribution in [1.29, 1.82) is 0 Å². The summed E-state index contributed by atoms with van der Waals surface area (Å²) in [5.41, 5.74) is 0. The Morgan fingerprint density at radius 2 is 1.00 bits per heavy atom. The van der Waals surface area contributed by atoms with Crippen LogP contribution in [-0.4, -0.2) is 46.8 Å². The van der Waals surface area contributed by atoms with Crippen LogP contribution in [-0.2, 0) is 32.9 Å². The summed E-state index contributed by atoms with van der Waals surface area (Å²) in [7, 11) is -4.77. The van der Waals surface area contributed by atoms with Gasteiger partial charge in [0.25, 0.3) is 0 Å². The van der Waals surface area contributed by atoms with Crippen molar-refractivity contribution in [3.8, 4) is 0 Å². The van der Waals surface area contributed by atoms with Crippen molar-refractivity contribution in [1.82, 2.24) is 0 Å². The molecule has 0 fully saturated rings. The zero-order chi connectivity index (χ0) is 37.0. The maximum atomic E-state index is 12.4. The van der Waals surface area contributed by atoms with E-state index >= 15 is 0 Å². The quantitative estimate of drug-likeness (QED) is 0.0210. The normalized spacial score (nSPS) is 12.6. The number of unbranched alkanes of at least 4 members (excludes halogenated alkanes) is 22. The summed E-state index contributed by atoms with van der Waals surface area (Å²) in [5, 5.41) is 0. The number of hydrogen-bond acceptors (Lipinski definition) is 7. The Labute approximate surface area is 305 Å². The topological polar surface area (TPSA) is 136 Å². The van der Waals surface area contributed by atoms with E-state index in [0.717, 1.165) is 64.2 Å². The highest BCUT2D eigenvalue weighted by atomic mass is 31.2. The average molecular weight is 729 g/mol. The molecular formula is C40H73O9P. The molecule has 10 heteroatoms. The molecule has 2 N–H and O–H groups in total. The van der Waals surface area contributed by atoms with E-state index in [1.807, 2.05) is 6.08 Å². The average Bonchev–Trinajstić information content (AvgIpc) is 3.07. The Hall–Kier alpha value is -1.80. The second-order valence-electron chi connectivity index (χ2n) is 13.7. The van der Waals surface area contributed by atoms with Crippen LogP contribution in [0.25, 0.3) is 0 Å². The standard InChI is InChI=1S/C40H73O9P/c1-3-5-7-8-9-10-11-12-13-14-15-16-19-22-25-29-33-39(42)47-35-38(36-48-50(44,45)46)49-40(43)34-30-26-23-20-17-18-21-24-28-32-37(41)31-27-6-4-2/h21,24,28,32,38H,3-20,22-23,25-27,29-31,33-36H2,1-2H3,(H2,44,45,46)/b24-21-,32-28+/t38-/m1/s1. The monoisotopic (exact) mass is 728 g/mol. The summed E-state index contributed by atoms with van der Waals surface area (Å²) in [6.07, 6.45) is 35.9. The molecule has 0 saturated heterocycles. The van der Waals surface area contributed by atoms with Crippen LogP contribution in [0.3, 0.4) is 0 Å². The molecule has 0 unspecified atom stereocenters. The van der Waals surface area contributed by atoms with E-state index in [2.05, 4.69) is 24.4 Å². The zero-order valence-electron chi connectivity index (χ0n) is 31.8. The summed E-state index contributed by atoms with van der Waals surface area (Å²) < 4.78 is 26.3. The van der Waals surface area contributed by atoms with Gasteiger partial charge in [0.1, 0.15) is 6.61 Å². The van der Waals surface area contributed by atoms with E-state index in [9.17, 15) is 18.9 Å². The van der Waals surface area contributed by atoms with Gasteiger partial charge >= 0.3 is 19.8 Å². The maximum Gasteiger partial charge on any atom is 0.469 e. The largest absolute Gasteiger partial charge is 0.469 e. The van der Waals surface area contributed by atoms with Crippen molar-refractivity contribution >= 4 is 25.5 Å². The molecule has 0 aromatic heterocycles. The van der Waals surface area contributed by atoms with Crippen LogP contribution in [0.15, 0.2) is 24.3 Å². The molecule has 9 nitrogen and oxygen atoms in total. The van der Waals surface area contributed by atoms with Gasteiger partial charge in [-0.15, -0.1) is 0 Å². The molecule has 0 aliphatic rings. The van der Waals surface area contributed by atoms with Gasteiger partial charge in [0.05, 0.1) is 6.61 Å². The predicted octanol–water partition coefficient (Wildman–Crippen LogP) is 11.2. The Kier molecular flexibility index (Phi) is 34.3. The summed E-state index contributed by atoms with van der Waals surface area (Å²) >= 11 is 0. The lowest BCUT2D eigenvalue weighted by Crippen LogP contribution is -2.29. The number of ether oxygens (including phenoxy) is 2. The fourth-order valence-electron chi connectivity index (χ4n) is 5.65. The second kappa shape index (κ2) is 35.6. The molecule has 0 heterocycles. The highest BCUT2D eigenvalue weighted by Crippen LogP contribution is 2.36. The molecule has 0 saturated carbocycles. The lowest BCUT2D eigenvalue weighted by molar-refractivity contribution is -0.161. The summed E-state index contributed by atoms with van der Waals surface area (Å²) in [5.74, 6) is -0.768. The minimum Gasteiger partial charge on any atom is -0.462 e. The van der Waals surface area contributed by atoms with Crippen LogP contribution in [0.2, 0.25) is 0 Å². The third kappa shape index (κ3) is 37.5. The van der Waals surface area contributed by atoms with Gasteiger partial charge in [0, 0.05) is 19.3 Å². The van der Waals surface area contributed by atoms with E-state index in [4.69, 9.17) is 19.3 Å². The van der Waals surface area contributed by atoms with Crippen molar-refractivity contribution in [2.45, 2.75) is 200 Å². The van der Waals surface area contributed by atoms with Crippen molar-refractivity contribution in [3.63, 3.8) is 0 Å². The first kappa shape index (κ1) is 48.2. The molecule has 0 aliphatic carbocycles. The minimum atomic E-state index is -4.77. The number of esters is 2. The van der Waals surface area contributed by atoms with Crippen LogP contribution in [0.5, 0.6) is 0 Å². The SMILES string of the molecule is CCCCCCCCCCCCCCCCCCC(=O)OC[C@H](COP(=O)(O)O)OC(=O)CCCCCCC/C=C\C=C\C(=O)CCCCC. The molecule has 0 spiro atoms. The number of carbonyl (C=O) groups excluding carboxylic acids is 3. The van der Waals surface area contributed by atoms with Crippen LogP contribution in [0.1, 0.15) is 194 Å². The van der Waals surface area contributed by atoms with Gasteiger partial charge in [-0.1, -0.05) is 160 Å². The van der Waals surface area contributed by atoms with Crippen molar-refractivity contribution in [3.05, 3.63) is 24.3 Å². The summed E-state index contributed by atoms with van der Waals surface area (Å²) in [6, 6.07) is 0. The first-order chi connectivity index (χ1) is 24.2. The van der Waals surface area contributed by atoms with Gasteiger partial charge in [-0.3, -0.25) is 18.9 Å². The second-order valence-corrected chi connectivity index (χ2v) is 14.9. The molecule has 0 radical (unpaired) electrons. The van der Waals surface area contributed by atoms with Gasteiger partial charge in [0.2, 0.25) is 0 Å². The van der Waals surface area contributed by atoms with Crippen molar-refractivity contribution < 1.29 is 42.7 Å². The number of hydrogen-bond donors (Lipinski definition) is 2. The number of ketones is 1. The number of allylic oxidation sites excluding steroid dienone is 4. The highest BCUT2D eigenvalue weighted by molar-refractivity contribution is 7.46. The molecular weight excluding hydrogens is 655 g/mol. The molecule has 0 aromatic carbocycles. The van der Waals surface area contributed by atoms with Crippen molar-refractivity contribution in [2.75, 3.05) is 13.2 Å². The molecule has 292 valence electrons. The highest BCUT2D eigenvalue weighted by Gasteiger charge is 2.22. The van der Waals surface area contributed by atoms with Gasteiger partial charge in [-0.05, 0) is 38.2 Å². The molecule has 50 heavy (non-hydrogen) atoms. The number of phosphoric acid groups is 1. The van der Waals surface area contributed by atoms with Gasteiger partial charge in [-0.2, -0.15) is 0 Å². The van der Waals surface area contributed by atoms with Gasteiger partial charge < -0.3 is 19.3 Å². The van der Waals surface area contributed by atoms with Crippen LogP contribution < -0.4 is 0 Å². The molecule has 0 aliphatic heterocycles. The Morgan fingerprint density at radius 1 is 0.560 bits per heavy atom.